The predicted octanol–water partition coefficient (Wildman–Crippen LogP) is 16.7. The van der Waals surface area contributed by atoms with Gasteiger partial charge in [0.15, 0.2) is 0 Å². The second-order valence-electron chi connectivity index (χ2n) is 21.2. The molecule has 0 fully saturated rings. The Morgan fingerprint density at radius 3 is 1.65 bits per heavy atom. The number of rotatable bonds is 9. The van der Waals surface area contributed by atoms with Crippen molar-refractivity contribution in [3.05, 3.63) is 230 Å². The van der Waals surface area contributed by atoms with Crippen LogP contribution in [0.1, 0.15) is 103 Å². The summed E-state index contributed by atoms with van der Waals surface area (Å²) in [5, 5.41) is 2.27. The van der Waals surface area contributed by atoms with Gasteiger partial charge in [0.2, 0.25) is 0 Å². The molecular formula is C63H62N4OPt. The Bertz CT molecular complexity index is 3210. The van der Waals surface area contributed by atoms with Crippen molar-refractivity contribution in [1.29, 1.82) is 0 Å². The van der Waals surface area contributed by atoms with E-state index in [9.17, 15) is 0 Å². The molecule has 7 aromatic carbocycles. The average molecular weight is 1090 g/mol. The Kier molecular flexibility index (Phi) is 13.1. The quantitative estimate of drug-likeness (QED) is 0.135. The SMILES string of the molecule is CC(C)(C)c1ccnc(-n2c3[c-]c(Oc4[c-]c(N5[CH-]N(c6cc(C(C)(C)c7ccccc7)cc(C(C)(C)c7ccccc7)c6)c6ccccc65)ccc4)ccc3c3cc(C(C)(C)C)ccc32)c1.[CH3-].[Pt+4]. The second kappa shape index (κ2) is 18.5. The van der Waals surface area contributed by atoms with Gasteiger partial charge in [0.1, 0.15) is 5.82 Å². The minimum Gasteiger partial charge on any atom is -0.509 e. The van der Waals surface area contributed by atoms with E-state index in [1.165, 1.54) is 38.8 Å². The first-order valence-corrected chi connectivity index (χ1v) is 23.4. The third-order valence-corrected chi connectivity index (χ3v) is 13.9. The van der Waals surface area contributed by atoms with Crippen LogP contribution in [0.15, 0.2) is 170 Å². The van der Waals surface area contributed by atoms with Gasteiger partial charge >= 0.3 is 21.1 Å². The number of ether oxygens (including phenoxy) is 1. The molecule has 0 bridgehead atoms. The molecular weight excluding hydrogens is 1020 g/mol. The number of benzene rings is 7. The van der Waals surface area contributed by atoms with Crippen LogP contribution in [0, 0.1) is 26.2 Å². The Morgan fingerprint density at radius 2 is 1.04 bits per heavy atom. The van der Waals surface area contributed by atoms with Crippen molar-refractivity contribution >= 4 is 44.6 Å². The van der Waals surface area contributed by atoms with E-state index in [1.54, 1.807) is 0 Å². The smallest absolute Gasteiger partial charge is 0.509 e. The zero-order valence-electron chi connectivity index (χ0n) is 41.8. The first-order chi connectivity index (χ1) is 32.0. The van der Waals surface area contributed by atoms with Crippen LogP contribution >= 0.6 is 0 Å². The summed E-state index contributed by atoms with van der Waals surface area (Å²) < 4.78 is 8.95. The van der Waals surface area contributed by atoms with Gasteiger partial charge in [0, 0.05) is 51.1 Å². The van der Waals surface area contributed by atoms with Gasteiger partial charge < -0.3 is 26.5 Å². The van der Waals surface area contributed by atoms with Crippen molar-refractivity contribution in [2.45, 2.75) is 90.9 Å². The normalized spacial score (nSPS) is 13.0. The zero-order valence-corrected chi connectivity index (χ0v) is 44.0. The molecule has 0 radical (unpaired) electrons. The standard InChI is InChI=1S/C62H59N4O.CH3.Pt/c1-59(2,3)44-28-31-54-53(37-44)52-30-29-51(40-57(52)66(54)58-38-45(32-33-63-58)60(4,5)6)67-50-25-19-24-48(39-50)64-41-65(56-27-18-17-26-55(56)64)49-35-46(61(7,8)42-20-13-11-14-21-42)34-47(36-49)62(9,10)43-22-15-12-16-23-43;;/h11-38,41H,1-10H3;1H3;/q-3;-1;+4. The largest absolute Gasteiger partial charge is 4.00 e. The monoisotopic (exact) mass is 1090 g/mol. The summed E-state index contributed by atoms with van der Waals surface area (Å²) >= 11 is 0. The van der Waals surface area contributed by atoms with Crippen LogP contribution in [0.5, 0.6) is 11.5 Å². The van der Waals surface area contributed by atoms with Crippen LogP contribution in [0.25, 0.3) is 27.6 Å². The maximum Gasteiger partial charge on any atom is 4.00 e. The van der Waals surface area contributed by atoms with E-state index in [0.717, 1.165) is 45.0 Å². The Morgan fingerprint density at radius 1 is 0.478 bits per heavy atom. The van der Waals surface area contributed by atoms with Gasteiger partial charge in [-0.1, -0.05) is 166 Å². The van der Waals surface area contributed by atoms with Gasteiger partial charge in [-0.05, 0) is 92.1 Å². The van der Waals surface area contributed by atoms with Crippen LogP contribution in [0.4, 0.5) is 22.7 Å². The zero-order chi connectivity index (χ0) is 46.9. The summed E-state index contributed by atoms with van der Waals surface area (Å²) in [5.41, 5.74) is 13.1. The number of pyridine rings is 1. The minimum atomic E-state index is -0.256. The molecule has 5 nitrogen and oxygen atoms in total. The van der Waals surface area contributed by atoms with Gasteiger partial charge in [-0.15, -0.1) is 48.1 Å². The maximum atomic E-state index is 6.72. The van der Waals surface area contributed by atoms with Crippen molar-refractivity contribution < 1.29 is 25.8 Å². The van der Waals surface area contributed by atoms with E-state index < -0.39 is 0 Å². The number of aromatic nitrogens is 2. The first kappa shape index (κ1) is 49.0. The summed E-state index contributed by atoms with van der Waals surface area (Å²) in [6.45, 7) is 25.0. The molecule has 6 heteroatoms. The van der Waals surface area contributed by atoms with Crippen LogP contribution < -0.4 is 14.5 Å². The molecule has 0 atom stereocenters. The molecule has 0 saturated carbocycles. The molecule has 69 heavy (non-hydrogen) atoms. The van der Waals surface area contributed by atoms with Crippen molar-refractivity contribution in [2.75, 3.05) is 9.80 Å². The van der Waals surface area contributed by atoms with Crippen molar-refractivity contribution in [2.24, 2.45) is 0 Å². The second-order valence-corrected chi connectivity index (χ2v) is 21.2. The predicted molar refractivity (Wildman–Crippen MR) is 285 cm³/mol. The molecule has 1 aliphatic heterocycles. The van der Waals surface area contributed by atoms with Crippen LogP contribution in [0.2, 0.25) is 0 Å². The Balaban J connectivity index is 0.00000321. The summed E-state index contributed by atoms with van der Waals surface area (Å²) in [6.07, 6.45) is 1.92. The fourth-order valence-electron chi connectivity index (χ4n) is 9.47. The number of para-hydroxylation sites is 2. The van der Waals surface area contributed by atoms with Gasteiger partial charge in [0.25, 0.3) is 0 Å². The minimum absolute atomic E-state index is 0. The van der Waals surface area contributed by atoms with Crippen LogP contribution in [-0.4, -0.2) is 9.55 Å². The van der Waals surface area contributed by atoms with E-state index in [4.69, 9.17) is 9.72 Å². The molecule has 350 valence electrons. The van der Waals surface area contributed by atoms with Crippen LogP contribution in [0.3, 0.4) is 0 Å². The van der Waals surface area contributed by atoms with Crippen molar-refractivity contribution in [1.82, 2.24) is 9.55 Å². The molecule has 0 spiro atoms. The third kappa shape index (κ3) is 9.15. The van der Waals surface area contributed by atoms with Gasteiger partial charge in [-0.3, -0.25) is 0 Å². The molecule has 10 rings (SSSR count). The summed E-state index contributed by atoms with van der Waals surface area (Å²) in [6, 6.07) is 66.1. The molecule has 1 aliphatic rings. The number of anilines is 4. The average Bonchev–Trinajstić information content (AvgIpc) is 3.87. The van der Waals surface area contributed by atoms with E-state index in [2.05, 4.69) is 248 Å². The summed E-state index contributed by atoms with van der Waals surface area (Å²) in [7, 11) is 0. The molecule has 2 aromatic heterocycles. The molecule has 0 aliphatic carbocycles. The van der Waals surface area contributed by atoms with Gasteiger partial charge in [-0.2, -0.15) is 12.1 Å². The number of hydrogen-bond acceptors (Lipinski definition) is 4. The van der Waals surface area contributed by atoms with Crippen LogP contribution in [-0.2, 0) is 42.7 Å². The third-order valence-electron chi connectivity index (χ3n) is 13.9. The Hall–Kier alpha value is -6.42. The summed E-state index contributed by atoms with van der Waals surface area (Å²) in [4.78, 5) is 9.46. The van der Waals surface area contributed by atoms with E-state index in [0.29, 0.717) is 11.5 Å². The first-order valence-electron chi connectivity index (χ1n) is 23.4. The van der Waals surface area contributed by atoms with Gasteiger partial charge in [0.05, 0.1) is 0 Å². The number of nitrogens with zero attached hydrogens (tertiary/aromatic N) is 4. The van der Waals surface area contributed by atoms with E-state index in [1.807, 2.05) is 24.4 Å². The topological polar surface area (TPSA) is 33.5 Å². The van der Waals surface area contributed by atoms with Gasteiger partial charge in [-0.25, -0.2) is 4.98 Å². The van der Waals surface area contributed by atoms with Crippen molar-refractivity contribution in [3.8, 4) is 17.3 Å². The maximum absolute atomic E-state index is 6.72. The molecule has 0 amide bonds. The van der Waals surface area contributed by atoms with Crippen molar-refractivity contribution in [3.63, 3.8) is 0 Å². The number of hydrogen-bond donors (Lipinski definition) is 0. The molecule has 9 aromatic rings. The molecule has 0 saturated heterocycles. The molecule has 0 unspecified atom stereocenters. The molecule has 0 N–H and O–H groups in total. The summed E-state index contributed by atoms with van der Waals surface area (Å²) in [5.74, 6) is 2.06. The number of fused-ring (bicyclic) bond motifs is 4. The van der Waals surface area contributed by atoms with E-state index in [-0.39, 0.29) is 50.2 Å². The van der Waals surface area contributed by atoms with E-state index >= 15 is 0 Å². The molecule has 3 heterocycles. The fourth-order valence-corrected chi connectivity index (χ4v) is 9.47. The Labute approximate surface area is 425 Å². The fraction of sp³-hybridized carbons (Fsp3) is 0.222.